The van der Waals surface area contributed by atoms with Crippen LogP contribution < -0.4 is 0 Å². The highest BCUT2D eigenvalue weighted by Crippen LogP contribution is 2.43. The lowest BCUT2D eigenvalue weighted by Crippen LogP contribution is -1.87. The minimum Gasteiger partial charge on any atom is -0.0656 e. The molecule has 0 heterocycles. The minimum absolute atomic E-state index is 0.558. The Labute approximate surface area is 104 Å². The van der Waals surface area contributed by atoms with Gasteiger partial charge >= 0.3 is 0 Å². The van der Waals surface area contributed by atoms with Gasteiger partial charge in [0.05, 0.1) is 0 Å². The third kappa shape index (κ3) is 2.12. The van der Waals surface area contributed by atoms with Gasteiger partial charge in [0.15, 0.2) is 0 Å². The van der Waals surface area contributed by atoms with E-state index in [2.05, 4.69) is 69.3 Å². The Bertz CT molecular complexity index is 451. The van der Waals surface area contributed by atoms with E-state index < -0.39 is 0 Å². The lowest BCUT2D eigenvalue weighted by atomic mass is 10.00. The van der Waals surface area contributed by atoms with Crippen LogP contribution in [0.5, 0.6) is 0 Å². The normalized spacial score (nSPS) is 12.4. The van der Waals surface area contributed by atoms with E-state index in [0.29, 0.717) is 5.92 Å². The summed E-state index contributed by atoms with van der Waals surface area (Å²) in [5.41, 5.74) is 5.76. The van der Waals surface area contributed by atoms with Crippen LogP contribution in [0.15, 0.2) is 48.5 Å². The molecule has 0 heteroatoms. The van der Waals surface area contributed by atoms with Crippen molar-refractivity contribution in [3.63, 3.8) is 0 Å². The van der Waals surface area contributed by atoms with Gasteiger partial charge < -0.3 is 0 Å². The van der Waals surface area contributed by atoms with Crippen molar-refractivity contribution in [2.45, 2.75) is 33.1 Å². The van der Waals surface area contributed by atoms with Crippen molar-refractivity contribution in [3.8, 4) is 11.1 Å². The van der Waals surface area contributed by atoms with Crippen LogP contribution in [0.3, 0.4) is 0 Å². The van der Waals surface area contributed by atoms with Crippen LogP contribution in [0, 0.1) is 0 Å². The maximum Gasteiger partial charge on any atom is 0.00733 e. The second kappa shape index (κ2) is 5.18. The van der Waals surface area contributed by atoms with Gasteiger partial charge in [-0.25, -0.2) is 0 Å². The summed E-state index contributed by atoms with van der Waals surface area (Å²) in [6.07, 6.45) is 1.25. The van der Waals surface area contributed by atoms with E-state index in [-0.39, 0.29) is 0 Å². The Kier molecular flexibility index (Phi) is 3.63. The minimum atomic E-state index is 0.558. The maximum atomic E-state index is 2.28. The highest BCUT2D eigenvalue weighted by atomic mass is 14.3. The zero-order valence-electron chi connectivity index (χ0n) is 10.9. The number of benzene rings is 2. The summed E-state index contributed by atoms with van der Waals surface area (Å²) in [6, 6.07) is 17.4. The molecular weight excluding hydrogens is 204 g/mol. The van der Waals surface area contributed by atoms with Gasteiger partial charge in [-0.3, -0.25) is 0 Å². The molecule has 0 fully saturated rings. The molecule has 2 aromatic carbocycles. The van der Waals surface area contributed by atoms with E-state index in [0.717, 1.165) is 0 Å². The molecule has 0 atom stereocenters. The number of hydrogen-bond acceptors (Lipinski definition) is 0. The fraction of sp³-hybridized carbons (Fsp3) is 0.294. The Balaban J connectivity index is 0.000000329. The molecule has 0 N–H and O–H groups in total. The number of rotatable bonds is 0. The molecule has 0 radical (unpaired) electrons. The highest BCUT2D eigenvalue weighted by Gasteiger charge is 2.23. The van der Waals surface area contributed by atoms with Crippen molar-refractivity contribution in [2.24, 2.45) is 0 Å². The van der Waals surface area contributed by atoms with Crippen LogP contribution in [0.1, 0.15) is 44.2 Å². The summed E-state index contributed by atoms with van der Waals surface area (Å²) in [6.45, 7) is 6.53. The van der Waals surface area contributed by atoms with Crippen LogP contribution in [-0.4, -0.2) is 0 Å². The van der Waals surface area contributed by atoms with Gasteiger partial charge in [0.2, 0.25) is 0 Å². The first-order chi connectivity index (χ1) is 8.29. The fourth-order valence-electron chi connectivity index (χ4n) is 2.41. The molecular formula is C17H20. The molecule has 88 valence electrons. The summed E-state index contributed by atoms with van der Waals surface area (Å²) in [5, 5.41) is 0. The molecule has 1 aliphatic carbocycles. The molecule has 2 aromatic rings. The maximum absolute atomic E-state index is 2.28. The summed E-state index contributed by atoms with van der Waals surface area (Å²) >= 11 is 0. The van der Waals surface area contributed by atoms with E-state index in [1.165, 1.54) is 28.7 Å². The monoisotopic (exact) mass is 224 g/mol. The average Bonchev–Trinajstić information content (AvgIpc) is 2.66. The number of fused-ring (bicyclic) bond motifs is 3. The van der Waals surface area contributed by atoms with E-state index in [1.54, 1.807) is 0 Å². The summed E-state index contributed by atoms with van der Waals surface area (Å²) < 4.78 is 0. The number of hydrogen-bond donors (Lipinski definition) is 0. The standard InChI is InChI=1S/C14H12.C3H8/c1-10-11-6-2-4-8-13(11)14-9-5-3-7-12(10)14;1-3-2/h2-10H,1H3;3H2,1-2H3. The van der Waals surface area contributed by atoms with Gasteiger partial charge in [0.1, 0.15) is 0 Å². The van der Waals surface area contributed by atoms with Crippen LogP contribution in [0.4, 0.5) is 0 Å². The third-order valence-electron chi connectivity index (χ3n) is 3.14. The molecule has 0 spiro atoms. The van der Waals surface area contributed by atoms with Gasteiger partial charge in [-0.05, 0) is 22.3 Å². The van der Waals surface area contributed by atoms with Gasteiger partial charge in [0.25, 0.3) is 0 Å². The second-order valence-electron chi connectivity index (χ2n) is 4.60. The molecule has 0 aromatic heterocycles. The van der Waals surface area contributed by atoms with Crippen molar-refractivity contribution in [1.82, 2.24) is 0 Å². The lowest BCUT2D eigenvalue weighted by Gasteiger charge is -2.04. The Morgan fingerprint density at radius 1 is 0.765 bits per heavy atom. The van der Waals surface area contributed by atoms with Gasteiger partial charge in [-0.15, -0.1) is 0 Å². The molecule has 0 unspecified atom stereocenters. The van der Waals surface area contributed by atoms with Gasteiger partial charge in [0, 0.05) is 5.92 Å². The van der Waals surface area contributed by atoms with E-state index >= 15 is 0 Å². The largest absolute Gasteiger partial charge is 0.0656 e. The zero-order valence-corrected chi connectivity index (χ0v) is 10.9. The van der Waals surface area contributed by atoms with Crippen LogP contribution in [0.2, 0.25) is 0 Å². The predicted molar refractivity (Wildman–Crippen MR) is 75.4 cm³/mol. The van der Waals surface area contributed by atoms with Gasteiger partial charge in [-0.1, -0.05) is 75.7 Å². The Hall–Kier alpha value is -1.56. The first-order valence-corrected chi connectivity index (χ1v) is 6.47. The van der Waals surface area contributed by atoms with Crippen LogP contribution in [-0.2, 0) is 0 Å². The van der Waals surface area contributed by atoms with Crippen molar-refractivity contribution in [1.29, 1.82) is 0 Å². The molecule has 0 saturated carbocycles. The second-order valence-corrected chi connectivity index (χ2v) is 4.60. The van der Waals surface area contributed by atoms with Crippen molar-refractivity contribution >= 4 is 0 Å². The molecule has 0 bridgehead atoms. The zero-order chi connectivity index (χ0) is 12.3. The summed E-state index contributed by atoms with van der Waals surface area (Å²) in [4.78, 5) is 0. The highest BCUT2D eigenvalue weighted by molar-refractivity contribution is 5.78. The molecule has 0 aliphatic heterocycles. The van der Waals surface area contributed by atoms with Gasteiger partial charge in [-0.2, -0.15) is 0 Å². The van der Waals surface area contributed by atoms with E-state index in [4.69, 9.17) is 0 Å². The quantitative estimate of drug-likeness (QED) is 0.574. The first-order valence-electron chi connectivity index (χ1n) is 6.47. The molecule has 0 amide bonds. The smallest absolute Gasteiger partial charge is 0.00733 e. The average molecular weight is 224 g/mol. The Morgan fingerprint density at radius 3 is 1.53 bits per heavy atom. The van der Waals surface area contributed by atoms with Crippen molar-refractivity contribution < 1.29 is 0 Å². The SMILES string of the molecule is CC1c2ccccc2-c2ccccc21.CCC. The van der Waals surface area contributed by atoms with Crippen molar-refractivity contribution in [2.75, 3.05) is 0 Å². The summed E-state index contributed by atoms with van der Waals surface area (Å²) in [7, 11) is 0. The molecule has 0 saturated heterocycles. The lowest BCUT2D eigenvalue weighted by molar-refractivity contribution is 0.957. The summed E-state index contributed by atoms with van der Waals surface area (Å²) in [5.74, 6) is 0.558. The first kappa shape index (κ1) is 11.9. The predicted octanol–water partition coefficient (Wildman–Crippen LogP) is 5.24. The molecule has 1 aliphatic rings. The Morgan fingerprint density at radius 2 is 1.12 bits per heavy atom. The third-order valence-corrected chi connectivity index (χ3v) is 3.14. The van der Waals surface area contributed by atoms with E-state index in [9.17, 15) is 0 Å². The molecule has 0 nitrogen and oxygen atoms in total. The van der Waals surface area contributed by atoms with Crippen LogP contribution >= 0.6 is 0 Å². The van der Waals surface area contributed by atoms with Crippen LogP contribution in [0.25, 0.3) is 11.1 Å². The van der Waals surface area contributed by atoms with Crippen molar-refractivity contribution in [3.05, 3.63) is 59.7 Å². The molecule has 17 heavy (non-hydrogen) atoms. The molecule has 3 rings (SSSR count). The fourth-order valence-corrected chi connectivity index (χ4v) is 2.41. The van der Waals surface area contributed by atoms with E-state index in [1.807, 2.05) is 0 Å². The topological polar surface area (TPSA) is 0 Å².